The highest BCUT2D eigenvalue weighted by Gasteiger charge is 1.99. The van der Waals surface area contributed by atoms with Crippen LogP contribution in [0.25, 0.3) is 0 Å². The molecule has 0 saturated heterocycles. The van der Waals surface area contributed by atoms with Crippen LogP contribution in [0.4, 0.5) is 0 Å². The molecule has 0 aliphatic carbocycles. The molecule has 0 saturated carbocycles. The smallest absolute Gasteiger partial charge is 0.190 e. The Hall–Kier alpha value is 0.0500. The molecule has 0 radical (unpaired) electrons. The maximum absolute atomic E-state index is 4.23. The quantitative estimate of drug-likeness (QED) is 0.299. The van der Waals surface area contributed by atoms with E-state index in [1.807, 2.05) is 30.1 Å². The van der Waals surface area contributed by atoms with Gasteiger partial charge in [-0.25, -0.2) is 0 Å². The van der Waals surface area contributed by atoms with E-state index in [0.29, 0.717) is 0 Å². The Morgan fingerprint density at radius 1 is 1.32 bits per heavy atom. The van der Waals surface area contributed by atoms with Crippen LogP contribution in [-0.4, -0.2) is 38.1 Å². The lowest BCUT2D eigenvalue weighted by Gasteiger charge is -2.11. The van der Waals surface area contributed by atoms with E-state index in [4.69, 9.17) is 0 Å². The number of thiophene rings is 1. The Labute approximate surface area is 138 Å². The molecule has 1 aromatic heterocycles. The summed E-state index contributed by atoms with van der Waals surface area (Å²) < 4.78 is 1.35. The third kappa shape index (κ3) is 8.04. The largest absolute Gasteiger partial charge is 0.356 e. The summed E-state index contributed by atoms with van der Waals surface area (Å²) in [4.78, 5) is 5.66. The summed E-state index contributed by atoms with van der Waals surface area (Å²) in [6, 6.07) is 4.37. The minimum Gasteiger partial charge on any atom is -0.356 e. The molecule has 0 bridgehead atoms. The predicted molar refractivity (Wildman–Crippen MR) is 97.7 cm³/mol. The summed E-state index contributed by atoms with van der Waals surface area (Å²) in [7, 11) is 1.82. The molecule has 6 heteroatoms. The van der Waals surface area contributed by atoms with Gasteiger partial charge in [0.05, 0.1) is 2.88 Å². The minimum atomic E-state index is 0.912. The Kier molecular flexibility index (Phi) is 9.71. The van der Waals surface area contributed by atoms with Gasteiger partial charge < -0.3 is 10.6 Å². The second-order valence-corrected chi connectivity index (χ2v) is 8.13. The van der Waals surface area contributed by atoms with Crippen LogP contribution >= 0.6 is 45.7 Å². The lowest BCUT2D eigenvalue weighted by atomic mass is 10.3. The summed E-state index contributed by atoms with van der Waals surface area (Å²) in [6.45, 7) is 1.93. The van der Waals surface area contributed by atoms with Crippen LogP contribution in [0.3, 0.4) is 0 Å². The minimum absolute atomic E-state index is 0.912. The summed E-state index contributed by atoms with van der Waals surface area (Å²) in [5, 5.41) is 6.71. The molecule has 1 rings (SSSR count). The predicted octanol–water partition coefficient (Wildman–Crippen LogP) is 3.20. The number of unbranched alkanes of at least 4 members (excludes halogenated alkanes) is 1. The topological polar surface area (TPSA) is 36.4 Å². The Bertz CT molecular complexity index is 380. The Balaban J connectivity index is 2.11. The number of guanidine groups is 1. The molecule has 19 heavy (non-hydrogen) atoms. The molecule has 0 amide bonds. The van der Waals surface area contributed by atoms with Crippen molar-refractivity contribution in [1.29, 1.82) is 0 Å². The van der Waals surface area contributed by atoms with E-state index in [0.717, 1.165) is 25.5 Å². The lowest BCUT2D eigenvalue weighted by Crippen LogP contribution is -2.38. The standard InChI is InChI=1S/C13H22IN3S2/c1-15-13(16-8-3-4-10-18-2)17-9-7-11-5-6-12(14)19-11/h5-6H,3-4,7-10H2,1-2H3,(H2,15,16,17). The van der Waals surface area contributed by atoms with E-state index in [1.165, 1.54) is 26.4 Å². The monoisotopic (exact) mass is 411 g/mol. The van der Waals surface area contributed by atoms with Gasteiger partial charge in [0.1, 0.15) is 0 Å². The zero-order valence-electron chi connectivity index (χ0n) is 11.5. The van der Waals surface area contributed by atoms with Gasteiger partial charge in [0.15, 0.2) is 5.96 Å². The zero-order chi connectivity index (χ0) is 13.9. The first-order valence-corrected chi connectivity index (χ1v) is 9.73. The van der Waals surface area contributed by atoms with E-state index >= 15 is 0 Å². The van der Waals surface area contributed by atoms with Crippen molar-refractivity contribution in [3.8, 4) is 0 Å². The van der Waals surface area contributed by atoms with Crippen molar-refractivity contribution >= 4 is 51.6 Å². The number of halogens is 1. The molecule has 1 aromatic rings. The highest BCUT2D eigenvalue weighted by molar-refractivity contribution is 14.1. The second kappa shape index (κ2) is 10.8. The summed E-state index contributed by atoms with van der Waals surface area (Å²) >= 11 is 6.13. The van der Waals surface area contributed by atoms with Crippen LogP contribution in [0, 0.1) is 2.88 Å². The van der Waals surface area contributed by atoms with Crippen molar-refractivity contribution < 1.29 is 0 Å². The molecular formula is C13H22IN3S2. The highest BCUT2D eigenvalue weighted by Crippen LogP contribution is 2.18. The molecule has 0 aliphatic heterocycles. The van der Waals surface area contributed by atoms with Gasteiger partial charge in [0.2, 0.25) is 0 Å². The van der Waals surface area contributed by atoms with Gasteiger partial charge in [-0.05, 0) is 66.0 Å². The molecule has 0 aliphatic rings. The number of nitrogens with zero attached hydrogens (tertiary/aromatic N) is 1. The van der Waals surface area contributed by atoms with Crippen LogP contribution in [0.15, 0.2) is 17.1 Å². The fraction of sp³-hybridized carbons (Fsp3) is 0.615. The average molecular weight is 411 g/mol. The van der Waals surface area contributed by atoms with Crippen LogP contribution in [0.5, 0.6) is 0 Å². The van der Waals surface area contributed by atoms with Crippen LogP contribution in [0.2, 0.25) is 0 Å². The van der Waals surface area contributed by atoms with E-state index < -0.39 is 0 Å². The number of rotatable bonds is 8. The third-order valence-corrected chi connectivity index (χ3v) is 5.23. The maximum Gasteiger partial charge on any atom is 0.190 e. The number of thioether (sulfide) groups is 1. The molecule has 2 N–H and O–H groups in total. The Morgan fingerprint density at radius 2 is 2.11 bits per heavy atom. The van der Waals surface area contributed by atoms with Crippen LogP contribution in [-0.2, 0) is 6.42 Å². The molecule has 3 nitrogen and oxygen atoms in total. The number of aliphatic imine (C=N–C) groups is 1. The van der Waals surface area contributed by atoms with Gasteiger partial charge in [-0.1, -0.05) is 0 Å². The number of hydrogen-bond donors (Lipinski definition) is 2. The summed E-state index contributed by atoms with van der Waals surface area (Å²) in [5.41, 5.74) is 0. The molecule has 0 fully saturated rings. The van der Waals surface area contributed by atoms with Crippen molar-refractivity contribution in [2.24, 2.45) is 4.99 Å². The molecule has 1 heterocycles. The van der Waals surface area contributed by atoms with E-state index in [9.17, 15) is 0 Å². The molecule has 0 unspecified atom stereocenters. The van der Waals surface area contributed by atoms with Crippen LogP contribution < -0.4 is 10.6 Å². The fourth-order valence-electron chi connectivity index (χ4n) is 1.59. The summed E-state index contributed by atoms with van der Waals surface area (Å²) in [6.07, 6.45) is 5.67. The third-order valence-electron chi connectivity index (χ3n) is 2.58. The van der Waals surface area contributed by atoms with Gasteiger partial charge in [0.25, 0.3) is 0 Å². The zero-order valence-corrected chi connectivity index (χ0v) is 15.3. The van der Waals surface area contributed by atoms with Crippen molar-refractivity contribution in [1.82, 2.24) is 10.6 Å². The van der Waals surface area contributed by atoms with Gasteiger partial charge in [0, 0.05) is 25.0 Å². The van der Waals surface area contributed by atoms with Gasteiger partial charge in [-0.15, -0.1) is 11.3 Å². The highest BCUT2D eigenvalue weighted by atomic mass is 127. The number of nitrogens with one attached hydrogen (secondary N) is 2. The average Bonchev–Trinajstić information content (AvgIpc) is 2.82. The van der Waals surface area contributed by atoms with E-state index in [2.05, 4.69) is 56.6 Å². The first kappa shape index (κ1) is 17.1. The normalized spacial score (nSPS) is 11.6. The first-order chi connectivity index (χ1) is 9.26. The molecule has 108 valence electrons. The molecule has 0 aromatic carbocycles. The van der Waals surface area contributed by atoms with Crippen molar-refractivity contribution in [3.05, 3.63) is 19.9 Å². The maximum atomic E-state index is 4.23. The van der Waals surface area contributed by atoms with E-state index in [1.54, 1.807) is 0 Å². The van der Waals surface area contributed by atoms with Crippen molar-refractivity contribution in [2.45, 2.75) is 19.3 Å². The van der Waals surface area contributed by atoms with E-state index in [-0.39, 0.29) is 0 Å². The van der Waals surface area contributed by atoms with Gasteiger partial charge in [-0.2, -0.15) is 11.8 Å². The summed E-state index contributed by atoms with van der Waals surface area (Å²) in [5.74, 6) is 2.15. The number of hydrogen-bond acceptors (Lipinski definition) is 3. The van der Waals surface area contributed by atoms with Crippen molar-refractivity contribution in [3.63, 3.8) is 0 Å². The SMILES string of the molecule is CN=C(NCCCCSC)NCCc1ccc(I)s1. The fourth-order valence-corrected chi connectivity index (χ4v) is 3.84. The molecular weight excluding hydrogens is 389 g/mol. The van der Waals surface area contributed by atoms with Crippen molar-refractivity contribution in [2.75, 3.05) is 32.1 Å². The second-order valence-electron chi connectivity index (χ2n) is 4.08. The van der Waals surface area contributed by atoms with Gasteiger partial charge >= 0.3 is 0 Å². The van der Waals surface area contributed by atoms with Crippen LogP contribution in [0.1, 0.15) is 17.7 Å². The molecule has 0 spiro atoms. The molecule has 0 atom stereocenters. The first-order valence-electron chi connectivity index (χ1n) is 6.44. The van der Waals surface area contributed by atoms with Gasteiger partial charge in [-0.3, -0.25) is 4.99 Å². The Morgan fingerprint density at radius 3 is 2.74 bits per heavy atom. The lowest BCUT2D eigenvalue weighted by molar-refractivity contribution is 0.731.